The third-order valence-electron chi connectivity index (χ3n) is 6.09. The number of benzene rings is 2. The van der Waals surface area contributed by atoms with Crippen LogP contribution in [0.1, 0.15) is 12.8 Å². The number of nitrogens with zero attached hydrogens (tertiary/aromatic N) is 2. The number of ether oxygens (including phenoxy) is 1. The zero-order valence-corrected chi connectivity index (χ0v) is 19.8. The molecule has 2 N–H and O–H groups in total. The Hall–Kier alpha value is -2.79. The number of sulfonamides is 1. The molecule has 0 unspecified atom stereocenters. The molecule has 10 heteroatoms. The van der Waals surface area contributed by atoms with E-state index in [4.69, 9.17) is 4.74 Å². The highest BCUT2D eigenvalue weighted by molar-refractivity contribution is 7.89. The highest BCUT2D eigenvalue weighted by atomic mass is 32.2. The van der Waals surface area contributed by atoms with Crippen molar-refractivity contribution in [3.05, 3.63) is 54.6 Å². The fraction of sp³-hybridized carbons (Fsp3) is 0.417. The summed E-state index contributed by atoms with van der Waals surface area (Å²) in [6.07, 6.45) is 1.36. The standard InChI is InChI=1S/C24H30N4O5S/c29-23(18-27-11-9-19(10-12-27)24(30)26-20-5-2-1-3-6-20)25-21-7-4-8-22(17-21)34(31,32)28-13-15-33-16-14-28/h1-8,17,19H,9-16,18H2,(H,25,29)(H,26,30). The van der Waals surface area contributed by atoms with Gasteiger partial charge in [0.05, 0.1) is 24.7 Å². The van der Waals surface area contributed by atoms with Crippen LogP contribution in [0.15, 0.2) is 59.5 Å². The second-order valence-corrected chi connectivity index (χ2v) is 10.4. The Morgan fingerprint density at radius 2 is 1.56 bits per heavy atom. The van der Waals surface area contributed by atoms with Gasteiger partial charge in [0, 0.05) is 30.4 Å². The lowest BCUT2D eigenvalue weighted by molar-refractivity contribution is -0.121. The minimum absolute atomic E-state index is 0.00796. The van der Waals surface area contributed by atoms with Crippen LogP contribution in [-0.2, 0) is 24.3 Å². The summed E-state index contributed by atoms with van der Waals surface area (Å²) in [5.74, 6) is -0.289. The molecular formula is C24H30N4O5S. The summed E-state index contributed by atoms with van der Waals surface area (Å²) in [5.41, 5.74) is 1.23. The first-order valence-corrected chi connectivity index (χ1v) is 12.9. The number of nitrogens with one attached hydrogen (secondary N) is 2. The molecule has 2 heterocycles. The molecule has 34 heavy (non-hydrogen) atoms. The van der Waals surface area contributed by atoms with Crippen LogP contribution in [0, 0.1) is 5.92 Å². The number of rotatable bonds is 7. The molecule has 0 atom stereocenters. The molecule has 0 aromatic heterocycles. The Labute approximate surface area is 200 Å². The lowest BCUT2D eigenvalue weighted by Crippen LogP contribution is -2.42. The van der Waals surface area contributed by atoms with Gasteiger partial charge in [-0.3, -0.25) is 14.5 Å². The molecule has 2 amide bonds. The molecule has 2 aromatic carbocycles. The van der Waals surface area contributed by atoms with Gasteiger partial charge in [-0.2, -0.15) is 4.31 Å². The minimum Gasteiger partial charge on any atom is -0.379 e. The zero-order chi connectivity index (χ0) is 24.0. The van der Waals surface area contributed by atoms with Gasteiger partial charge in [-0.1, -0.05) is 24.3 Å². The molecule has 182 valence electrons. The van der Waals surface area contributed by atoms with Crippen molar-refractivity contribution in [1.82, 2.24) is 9.21 Å². The highest BCUT2D eigenvalue weighted by Gasteiger charge is 2.28. The molecule has 2 aromatic rings. The number of likely N-dealkylation sites (tertiary alicyclic amines) is 1. The fourth-order valence-corrected chi connectivity index (χ4v) is 5.65. The van der Waals surface area contributed by atoms with E-state index in [1.807, 2.05) is 35.2 Å². The van der Waals surface area contributed by atoms with Gasteiger partial charge in [-0.15, -0.1) is 0 Å². The molecule has 0 aliphatic carbocycles. The van der Waals surface area contributed by atoms with Crippen molar-refractivity contribution in [1.29, 1.82) is 0 Å². The number of morpholine rings is 1. The van der Waals surface area contributed by atoms with Gasteiger partial charge < -0.3 is 15.4 Å². The lowest BCUT2D eigenvalue weighted by atomic mass is 9.96. The van der Waals surface area contributed by atoms with E-state index in [-0.39, 0.29) is 29.2 Å². The van der Waals surface area contributed by atoms with E-state index < -0.39 is 10.0 Å². The predicted molar refractivity (Wildman–Crippen MR) is 129 cm³/mol. The summed E-state index contributed by atoms with van der Waals surface area (Å²) >= 11 is 0. The van der Waals surface area contributed by atoms with Gasteiger partial charge in [0.1, 0.15) is 0 Å². The van der Waals surface area contributed by atoms with Crippen molar-refractivity contribution in [3.63, 3.8) is 0 Å². The third-order valence-corrected chi connectivity index (χ3v) is 7.99. The van der Waals surface area contributed by atoms with Crippen molar-refractivity contribution in [2.75, 3.05) is 56.6 Å². The average molecular weight is 487 g/mol. The van der Waals surface area contributed by atoms with Crippen LogP contribution in [0.25, 0.3) is 0 Å². The quantitative estimate of drug-likeness (QED) is 0.620. The Balaban J connectivity index is 1.27. The molecule has 0 bridgehead atoms. The maximum Gasteiger partial charge on any atom is 0.243 e. The molecule has 0 saturated carbocycles. The molecule has 0 spiro atoms. The van der Waals surface area contributed by atoms with E-state index >= 15 is 0 Å². The number of hydrogen-bond acceptors (Lipinski definition) is 6. The summed E-state index contributed by atoms with van der Waals surface area (Å²) in [4.78, 5) is 27.2. The smallest absolute Gasteiger partial charge is 0.243 e. The molecule has 0 radical (unpaired) electrons. The topological polar surface area (TPSA) is 108 Å². The van der Waals surface area contributed by atoms with E-state index in [1.54, 1.807) is 12.1 Å². The summed E-state index contributed by atoms with van der Waals surface area (Å²) in [7, 11) is -3.63. The summed E-state index contributed by atoms with van der Waals surface area (Å²) in [5, 5.41) is 5.75. The second-order valence-electron chi connectivity index (χ2n) is 8.50. The van der Waals surface area contributed by atoms with Crippen LogP contribution < -0.4 is 10.6 Å². The van der Waals surface area contributed by atoms with Crippen molar-refractivity contribution in [2.24, 2.45) is 5.92 Å². The van der Waals surface area contributed by atoms with Crippen LogP contribution in [0.3, 0.4) is 0 Å². The average Bonchev–Trinajstić information content (AvgIpc) is 2.86. The molecule has 4 rings (SSSR count). The molecular weight excluding hydrogens is 456 g/mol. The second kappa shape index (κ2) is 11.1. The fourth-order valence-electron chi connectivity index (χ4n) is 4.19. The lowest BCUT2D eigenvalue weighted by Gasteiger charge is -2.30. The Kier molecular flexibility index (Phi) is 7.94. The predicted octanol–water partition coefficient (Wildman–Crippen LogP) is 2.00. The van der Waals surface area contributed by atoms with E-state index in [2.05, 4.69) is 10.6 Å². The molecule has 2 aliphatic heterocycles. The van der Waals surface area contributed by atoms with Crippen molar-refractivity contribution >= 4 is 33.2 Å². The maximum absolute atomic E-state index is 12.9. The largest absolute Gasteiger partial charge is 0.379 e. The Bertz CT molecular complexity index is 1100. The zero-order valence-electron chi connectivity index (χ0n) is 19.0. The Morgan fingerprint density at radius 1 is 0.882 bits per heavy atom. The molecule has 2 fully saturated rings. The molecule has 2 aliphatic rings. The number of para-hydroxylation sites is 1. The Morgan fingerprint density at radius 3 is 2.26 bits per heavy atom. The van der Waals surface area contributed by atoms with Gasteiger partial charge in [-0.05, 0) is 56.3 Å². The van der Waals surface area contributed by atoms with Crippen LogP contribution in [0.4, 0.5) is 11.4 Å². The number of amides is 2. The van der Waals surface area contributed by atoms with Crippen LogP contribution in [0.5, 0.6) is 0 Å². The highest BCUT2D eigenvalue weighted by Crippen LogP contribution is 2.22. The normalized spacial score (nSPS) is 18.4. The monoisotopic (exact) mass is 486 g/mol. The van der Waals surface area contributed by atoms with Gasteiger partial charge in [0.2, 0.25) is 21.8 Å². The summed E-state index contributed by atoms with van der Waals surface area (Å²) < 4.78 is 32.4. The minimum atomic E-state index is -3.63. The van der Waals surface area contributed by atoms with Crippen LogP contribution >= 0.6 is 0 Å². The van der Waals surface area contributed by atoms with Gasteiger partial charge in [0.25, 0.3) is 0 Å². The van der Waals surface area contributed by atoms with Crippen molar-refractivity contribution in [3.8, 4) is 0 Å². The number of piperidine rings is 1. The van der Waals surface area contributed by atoms with E-state index in [0.717, 1.165) is 5.69 Å². The third kappa shape index (κ3) is 6.20. The van der Waals surface area contributed by atoms with E-state index in [0.29, 0.717) is 57.9 Å². The number of hydrogen-bond donors (Lipinski definition) is 2. The number of anilines is 2. The van der Waals surface area contributed by atoms with Crippen LogP contribution in [-0.4, -0.2) is 75.4 Å². The summed E-state index contributed by atoms with van der Waals surface area (Å²) in [6.45, 7) is 2.86. The number of carbonyl (C=O) groups excluding carboxylic acids is 2. The number of carbonyl (C=O) groups is 2. The van der Waals surface area contributed by atoms with E-state index in [1.165, 1.54) is 16.4 Å². The SMILES string of the molecule is O=C(CN1CCC(C(=O)Nc2ccccc2)CC1)Nc1cccc(S(=O)(=O)N2CCOCC2)c1. The summed E-state index contributed by atoms with van der Waals surface area (Å²) in [6, 6.07) is 15.7. The first-order valence-electron chi connectivity index (χ1n) is 11.5. The maximum atomic E-state index is 12.9. The van der Waals surface area contributed by atoms with Crippen molar-refractivity contribution < 1.29 is 22.7 Å². The van der Waals surface area contributed by atoms with Gasteiger partial charge in [0.15, 0.2) is 0 Å². The van der Waals surface area contributed by atoms with Gasteiger partial charge >= 0.3 is 0 Å². The first-order chi connectivity index (χ1) is 16.4. The van der Waals surface area contributed by atoms with Gasteiger partial charge in [-0.25, -0.2) is 8.42 Å². The van der Waals surface area contributed by atoms with Crippen LogP contribution in [0.2, 0.25) is 0 Å². The molecule has 9 nitrogen and oxygen atoms in total. The van der Waals surface area contributed by atoms with Crippen molar-refractivity contribution in [2.45, 2.75) is 17.7 Å². The molecule has 2 saturated heterocycles. The first kappa shape index (κ1) is 24.3. The van der Waals surface area contributed by atoms with E-state index in [9.17, 15) is 18.0 Å².